The standard InChI is InChI=1S/C45H34N5.Pt/c1-32(2)47-31-48(43-23-12-11-22-42(43)47)36-18-13-19-37(29-36)49(35-16-7-4-8-17-35)38-24-25-40-39-20-9-10-21-41(39)50(44(40)30-38)45-28-34(26-27-46-45)33-14-5-3-6-15-33;/h3-28,31-32H,1-2H3;/q-1;. The summed E-state index contributed by atoms with van der Waals surface area (Å²) >= 11 is 0. The molecule has 9 rings (SSSR count). The Morgan fingerprint density at radius 1 is 0.608 bits per heavy atom. The summed E-state index contributed by atoms with van der Waals surface area (Å²) in [7, 11) is 0. The molecule has 0 aliphatic heterocycles. The van der Waals surface area contributed by atoms with E-state index in [9.17, 15) is 0 Å². The Kier molecular flexibility index (Phi) is 8.59. The Morgan fingerprint density at radius 3 is 2.08 bits per heavy atom. The Morgan fingerprint density at radius 2 is 1.29 bits per heavy atom. The second-order valence-corrected chi connectivity index (χ2v) is 12.8. The van der Waals surface area contributed by atoms with E-state index in [1.54, 1.807) is 0 Å². The quantitative estimate of drug-likeness (QED) is 0.150. The zero-order valence-corrected chi connectivity index (χ0v) is 30.5. The Bertz CT molecular complexity index is 2640. The van der Waals surface area contributed by atoms with Gasteiger partial charge in [-0.25, -0.2) is 14.1 Å². The van der Waals surface area contributed by atoms with Gasteiger partial charge < -0.3 is 9.47 Å². The van der Waals surface area contributed by atoms with E-state index in [0.717, 1.165) is 67.0 Å². The van der Waals surface area contributed by atoms with Crippen LogP contribution in [0.25, 0.3) is 55.5 Å². The third-order valence-corrected chi connectivity index (χ3v) is 9.39. The first-order valence-corrected chi connectivity index (χ1v) is 17.0. The van der Waals surface area contributed by atoms with Crippen LogP contribution in [-0.4, -0.2) is 18.7 Å². The molecule has 0 bridgehead atoms. The maximum Gasteiger partial charge on any atom is 0.188 e. The van der Waals surface area contributed by atoms with Gasteiger partial charge in [-0.15, -0.1) is 29.7 Å². The molecule has 6 heteroatoms. The number of anilines is 3. The molecule has 3 aromatic heterocycles. The molecule has 0 atom stereocenters. The van der Waals surface area contributed by atoms with E-state index < -0.39 is 0 Å². The van der Waals surface area contributed by atoms with E-state index in [1.807, 2.05) is 12.3 Å². The second-order valence-electron chi connectivity index (χ2n) is 12.8. The molecule has 0 aliphatic rings. The summed E-state index contributed by atoms with van der Waals surface area (Å²) in [5.41, 5.74) is 10.5. The third-order valence-electron chi connectivity index (χ3n) is 9.39. The number of benzene rings is 6. The van der Waals surface area contributed by atoms with Gasteiger partial charge in [-0.3, -0.25) is 0 Å². The van der Waals surface area contributed by atoms with Crippen molar-refractivity contribution in [1.29, 1.82) is 0 Å². The van der Waals surface area contributed by atoms with E-state index >= 15 is 0 Å². The molecule has 6 aromatic carbocycles. The van der Waals surface area contributed by atoms with Crippen LogP contribution in [0.4, 0.5) is 17.1 Å². The Hall–Kier alpha value is -5.77. The third kappa shape index (κ3) is 5.74. The van der Waals surface area contributed by atoms with Crippen molar-refractivity contribution in [1.82, 2.24) is 18.7 Å². The van der Waals surface area contributed by atoms with E-state index in [4.69, 9.17) is 4.98 Å². The van der Waals surface area contributed by atoms with Gasteiger partial charge in [0.05, 0.1) is 6.04 Å². The summed E-state index contributed by atoms with van der Waals surface area (Å²) in [5.74, 6) is 0.851. The van der Waals surface area contributed by atoms with Crippen LogP contribution < -0.4 is 4.90 Å². The average Bonchev–Trinajstić information content (AvgIpc) is 3.73. The van der Waals surface area contributed by atoms with Gasteiger partial charge in [0.25, 0.3) is 0 Å². The second kappa shape index (κ2) is 13.5. The van der Waals surface area contributed by atoms with Gasteiger partial charge >= 0.3 is 0 Å². The predicted octanol–water partition coefficient (Wildman–Crippen LogP) is 11.5. The molecule has 0 spiro atoms. The van der Waals surface area contributed by atoms with E-state index in [2.05, 4.69) is 197 Å². The molecule has 51 heavy (non-hydrogen) atoms. The number of rotatable bonds is 7. The molecule has 0 radical (unpaired) electrons. The zero-order chi connectivity index (χ0) is 33.6. The molecule has 0 amide bonds. The fraction of sp³-hybridized carbons (Fsp3) is 0.0667. The largest absolute Gasteiger partial charge is 0.358 e. The van der Waals surface area contributed by atoms with Gasteiger partial charge in [0.15, 0.2) is 17.4 Å². The van der Waals surface area contributed by atoms with Crippen molar-refractivity contribution in [3.05, 3.63) is 176 Å². The van der Waals surface area contributed by atoms with Crippen LogP contribution in [-0.2, 0) is 21.1 Å². The molecular weight excluding hydrogens is 806 g/mol. The number of aromatic nitrogens is 4. The molecule has 0 saturated carbocycles. The molecular formula is C45H34N5Pt-. The van der Waals surface area contributed by atoms with Crippen molar-refractivity contribution in [2.75, 3.05) is 4.90 Å². The maximum atomic E-state index is 4.90. The van der Waals surface area contributed by atoms with Crippen LogP contribution in [0.1, 0.15) is 19.9 Å². The van der Waals surface area contributed by atoms with E-state index in [-0.39, 0.29) is 21.1 Å². The van der Waals surface area contributed by atoms with Crippen LogP contribution >= 0.6 is 0 Å². The number of hydrogen-bond acceptors (Lipinski definition) is 2. The molecule has 0 saturated heterocycles. The first-order chi connectivity index (χ1) is 24.6. The number of pyridine rings is 1. The molecule has 250 valence electrons. The predicted molar refractivity (Wildman–Crippen MR) is 206 cm³/mol. The van der Waals surface area contributed by atoms with Crippen molar-refractivity contribution < 1.29 is 21.1 Å². The number of nitrogens with zero attached hydrogens (tertiary/aromatic N) is 5. The van der Waals surface area contributed by atoms with Gasteiger partial charge in [-0.1, -0.05) is 89.7 Å². The average molecular weight is 840 g/mol. The maximum absolute atomic E-state index is 4.90. The number of para-hydroxylation sites is 4. The number of fused-ring (bicyclic) bond motifs is 4. The number of hydrogen-bond donors (Lipinski definition) is 0. The first kappa shape index (κ1) is 32.4. The van der Waals surface area contributed by atoms with Crippen LogP contribution in [0, 0.1) is 12.1 Å². The van der Waals surface area contributed by atoms with Gasteiger partial charge in [0, 0.05) is 56.3 Å². The summed E-state index contributed by atoms with van der Waals surface area (Å²) in [6.07, 6.45) is 4.08. The van der Waals surface area contributed by atoms with Crippen molar-refractivity contribution in [3.8, 4) is 22.6 Å². The van der Waals surface area contributed by atoms with Crippen molar-refractivity contribution >= 4 is 49.9 Å². The van der Waals surface area contributed by atoms with Crippen LogP contribution in [0.2, 0.25) is 0 Å². The fourth-order valence-corrected chi connectivity index (χ4v) is 7.04. The molecule has 9 aromatic rings. The van der Waals surface area contributed by atoms with Crippen molar-refractivity contribution in [3.63, 3.8) is 0 Å². The van der Waals surface area contributed by atoms with Crippen LogP contribution in [0.15, 0.2) is 164 Å². The summed E-state index contributed by atoms with van der Waals surface area (Å²) in [4.78, 5) is 7.14. The Labute approximate surface area is 311 Å². The van der Waals surface area contributed by atoms with Gasteiger partial charge in [0.1, 0.15) is 5.82 Å². The summed E-state index contributed by atoms with van der Waals surface area (Å²) in [5, 5.41) is 2.29. The van der Waals surface area contributed by atoms with Crippen LogP contribution in [0.3, 0.4) is 0 Å². The fourth-order valence-electron chi connectivity index (χ4n) is 7.04. The van der Waals surface area contributed by atoms with E-state index in [0.29, 0.717) is 6.04 Å². The van der Waals surface area contributed by atoms with Crippen molar-refractivity contribution in [2.24, 2.45) is 0 Å². The molecule has 0 unspecified atom stereocenters. The minimum atomic E-state index is 0. The minimum Gasteiger partial charge on any atom is -0.358 e. The Balaban J connectivity index is 0.00000374. The van der Waals surface area contributed by atoms with E-state index in [1.165, 1.54) is 5.52 Å². The van der Waals surface area contributed by atoms with Gasteiger partial charge in [0.2, 0.25) is 0 Å². The van der Waals surface area contributed by atoms with Crippen molar-refractivity contribution in [2.45, 2.75) is 19.9 Å². The monoisotopic (exact) mass is 839 g/mol. The normalized spacial score (nSPS) is 11.4. The van der Waals surface area contributed by atoms with Gasteiger partial charge in [-0.2, -0.15) is 12.1 Å². The zero-order valence-electron chi connectivity index (χ0n) is 28.2. The molecule has 0 N–H and O–H groups in total. The summed E-state index contributed by atoms with van der Waals surface area (Å²) in [6.45, 7) is 4.43. The van der Waals surface area contributed by atoms with Crippen LogP contribution in [0.5, 0.6) is 0 Å². The molecule has 0 aliphatic carbocycles. The van der Waals surface area contributed by atoms with Gasteiger partial charge in [-0.05, 0) is 72.8 Å². The molecule has 3 heterocycles. The molecule has 0 fully saturated rings. The smallest absolute Gasteiger partial charge is 0.188 e. The topological polar surface area (TPSA) is 30.9 Å². The first-order valence-electron chi connectivity index (χ1n) is 17.0. The molecule has 5 nitrogen and oxygen atoms in total. The summed E-state index contributed by atoms with van der Waals surface area (Å²) in [6, 6.07) is 60.9. The minimum absolute atomic E-state index is 0. The number of imidazole rings is 1. The summed E-state index contributed by atoms with van der Waals surface area (Å²) < 4.78 is 6.78. The SMILES string of the molecule is CC(C)n1[cH+]n(-c2[c-]c(N(c3[c-]c4c(cc3)c3ccccc3n4-c3cc(-c4ccccc4)ccn3)c3ccccc3)ccc2)c2ccccc21.[Pt].